The molecule has 2 atom stereocenters. The van der Waals surface area contributed by atoms with Crippen LogP contribution in [0.4, 0.5) is 0 Å². The summed E-state index contributed by atoms with van der Waals surface area (Å²) in [6.07, 6.45) is 0.410. The van der Waals surface area contributed by atoms with E-state index in [9.17, 15) is 14.4 Å². The Morgan fingerprint density at radius 1 is 0.933 bits per heavy atom. The molecule has 0 amide bonds. The molecular weight excluding hydrogens is 384 g/mol. The van der Waals surface area contributed by atoms with Crippen LogP contribution in [-0.4, -0.2) is 29.8 Å². The first kappa shape index (κ1) is 23.3. The van der Waals surface area contributed by atoms with Crippen LogP contribution in [0, 0.1) is 5.92 Å². The summed E-state index contributed by atoms with van der Waals surface area (Å²) < 4.78 is 10.7. The van der Waals surface area contributed by atoms with E-state index in [2.05, 4.69) is 0 Å². The quantitative estimate of drug-likeness (QED) is 0.369. The topological polar surface area (TPSA) is 122 Å². The van der Waals surface area contributed by atoms with Crippen LogP contribution >= 0.6 is 0 Å². The molecular formula is C23H28N2O5. The maximum Gasteiger partial charge on any atom is 0.339 e. The lowest BCUT2D eigenvalue weighted by Gasteiger charge is -2.18. The van der Waals surface area contributed by atoms with Gasteiger partial charge in [0, 0.05) is 0 Å². The number of benzene rings is 2. The molecule has 30 heavy (non-hydrogen) atoms. The number of ketones is 1. The minimum atomic E-state index is -0.897. The van der Waals surface area contributed by atoms with E-state index in [0.717, 1.165) is 5.56 Å². The van der Waals surface area contributed by atoms with Crippen molar-refractivity contribution in [1.29, 1.82) is 0 Å². The van der Waals surface area contributed by atoms with Gasteiger partial charge in [-0.15, -0.1) is 0 Å². The maximum atomic E-state index is 13.1. The first-order valence-electron chi connectivity index (χ1n) is 9.81. The third-order valence-electron chi connectivity index (χ3n) is 4.35. The second-order valence-electron chi connectivity index (χ2n) is 7.55. The molecule has 7 heteroatoms. The Hall–Kier alpha value is -3.03. The van der Waals surface area contributed by atoms with Crippen molar-refractivity contribution in [3.63, 3.8) is 0 Å². The highest BCUT2D eigenvalue weighted by Gasteiger charge is 2.28. The van der Waals surface area contributed by atoms with Gasteiger partial charge in [0.25, 0.3) is 0 Å². The Morgan fingerprint density at radius 2 is 1.60 bits per heavy atom. The van der Waals surface area contributed by atoms with Gasteiger partial charge in [-0.25, -0.2) is 9.59 Å². The normalized spacial score (nSPS) is 12.9. The zero-order chi connectivity index (χ0) is 22.3. The zero-order valence-electron chi connectivity index (χ0n) is 17.5. The molecule has 0 aliphatic heterocycles. The number of ether oxygens (including phenoxy) is 2. The molecule has 0 aliphatic carbocycles. The second kappa shape index (κ2) is 10.7. The first-order valence-corrected chi connectivity index (χ1v) is 9.81. The largest absolute Gasteiger partial charge is 0.457 e. The predicted molar refractivity (Wildman–Crippen MR) is 113 cm³/mol. The smallest absolute Gasteiger partial charge is 0.339 e. The van der Waals surface area contributed by atoms with E-state index in [1.165, 1.54) is 25.1 Å². The molecule has 0 aliphatic rings. The number of nitrogens with two attached hydrogens (primary N) is 2. The molecule has 0 saturated heterocycles. The predicted octanol–water partition coefficient (Wildman–Crippen LogP) is 2.85. The van der Waals surface area contributed by atoms with Gasteiger partial charge in [0.1, 0.15) is 18.4 Å². The van der Waals surface area contributed by atoms with Crippen LogP contribution < -0.4 is 16.2 Å². The number of carbonyl (C=O) groups excluding carboxylic acids is 3. The summed E-state index contributed by atoms with van der Waals surface area (Å²) in [5, 5.41) is 0. The molecule has 7 nitrogen and oxygen atoms in total. The van der Waals surface area contributed by atoms with Crippen molar-refractivity contribution in [3.8, 4) is 5.75 Å². The van der Waals surface area contributed by atoms with Crippen molar-refractivity contribution in [2.24, 2.45) is 17.4 Å². The average Bonchev–Trinajstić information content (AvgIpc) is 2.71. The van der Waals surface area contributed by atoms with Gasteiger partial charge in [0.15, 0.2) is 5.78 Å². The molecule has 0 heterocycles. The summed E-state index contributed by atoms with van der Waals surface area (Å²) >= 11 is 0. The third kappa shape index (κ3) is 6.23. The first-order chi connectivity index (χ1) is 14.2. The summed E-state index contributed by atoms with van der Waals surface area (Å²) in [6, 6.07) is 11.8. The summed E-state index contributed by atoms with van der Waals surface area (Å²) in [5.74, 6) is -1.83. The van der Waals surface area contributed by atoms with Crippen molar-refractivity contribution >= 4 is 17.7 Å². The molecule has 0 saturated carbocycles. The van der Waals surface area contributed by atoms with Crippen molar-refractivity contribution in [2.75, 3.05) is 0 Å². The van der Waals surface area contributed by atoms with E-state index in [4.69, 9.17) is 20.9 Å². The van der Waals surface area contributed by atoms with E-state index in [0.29, 0.717) is 6.42 Å². The van der Waals surface area contributed by atoms with Crippen LogP contribution in [0.25, 0.3) is 0 Å². The van der Waals surface area contributed by atoms with Gasteiger partial charge in [-0.2, -0.15) is 0 Å². The highest BCUT2D eigenvalue weighted by atomic mass is 16.5. The van der Waals surface area contributed by atoms with Gasteiger partial charge in [-0.1, -0.05) is 50.2 Å². The van der Waals surface area contributed by atoms with E-state index in [1.54, 1.807) is 0 Å². The lowest BCUT2D eigenvalue weighted by atomic mass is 9.93. The average molecular weight is 412 g/mol. The monoisotopic (exact) mass is 412 g/mol. The molecule has 4 N–H and O–H groups in total. The fourth-order valence-corrected chi connectivity index (χ4v) is 2.84. The van der Waals surface area contributed by atoms with Gasteiger partial charge >= 0.3 is 11.9 Å². The van der Waals surface area contributed by atoms with Crippen LogP contribution in [0.5, 0.6) is 5.75 Å². The van der Waals surface area contributed by atoms with Crippen LogP contribution in [0.3, 0.4) is 0 Å². The van der Waals surface area contributed by atoms with Crippen molar-refractivity contribution < 1.29 is 23.9 Å². The molecule has 0 spiro atoms. The summed E-state index contributed by atoms with van der Waals surface area (Å²) in [5.41, 5.74) is 12.4. The molecule has 2 rings (SSSR count). The van der Waals surface area contributed by atoms with Crippen molar-refractivity contribution in [2.45, 2.75) is 45.9 Å². The standard InChI is InChI=1S/C23H28N2O5/c1-14(2)12-18(25)21(26)20-17(10-7-11-19(20)30-22(27)15(3)24)23(28)29-13-16-8-5-4-6-9-16/h4-11,14-15,18H,12-13,24-25H2,1-3H3/t15-,18-/m0/s1. The van der Waals surface area contributed by atoms with Crippen molar-refractivity contribution in [3.05, 3.63) is 65.2 Å². The highest BCUT2D eigenvalue weighted by Crippen LogP contribution is 2.26. The maximum absolute atomic E-state index is 13.1. The van der Waals surface area contributed by atoms with Gasteiger partial charge in [-0.05, 0) is 37.0 Å². The molecule has 0 aromatic heterocycles. The Labute approximate surface area is 176 Å². The number of carbonyl (C=O) groups is 3. The molecule has 0 unspecified atom stereocenters. The Morgan fingerprint density at radius 3 is 2.20 bits per heavy atom. The highest BCUT2D eigenvalue weighted by molar-refractivity contribution is 6.10. The summed E-state index contributed by atoms with van der Waals surface area (Å²) in [6.45, 7) is 5.37. The van der Waals surface area contributed by atoms with Gasteiger partial charge in [0.05, 0.1) is 17.2 Å². The molecule has 2 aromatic rings. The Kier molecular flexibility index (Phi) is 8.26. The molecule has 160 valence electrons. The lowest BCUT2D eigenvalue weighted by molar-refractivity contribution is -0.135. The van der Waals surface area contributed by atoms with E-state index in [1.807, 2.05) is 44.2 Å². The zero-order valence-corrected chi connectivity index (χ0v) is 17.5. The van der Waals surface area contributed by atoms with Gasteiger partial charge in [0.2, 0.25) is 0 Å². The molecule has 0 bridgehead atoms. The molecule has 2 aromatic carbocycles. The minimum absolute atomic E-state index is 0.00916. The van der Waals surface area contributed by atoms with Crippen molar-refractivity contribution in [1.82, 2.24) is 0 Å². The van der Waals surface area contributed by atoms with E-state index < -0.39 is 29.8 Å². The van der Waals surface area contributed by atoms with Crippen LogP contribution in [0.1, 0.15) is 53.5 Å². The summed E-state index contributed by atoms with van der Waals surface area (Å²) in [4.78, 5) is 37.9. The number of esters is 2. The number of hydrogen-bond donors (Lipinski definition) is 2. The Bertz CT molecular complexity index is 894. The number of Topliss-reactive ketones (excluding diaryl/α,β-unsaturated/α-hetero) is 1. The van der Waals surface area contributed by atoms with Crippen LogP contribution in [-0.2, 0) is 16.1 Å². The third-order valence-corrected chi connectivity index (χ3v) is 4.35. The van der Waals surface area contributed by atoms with Crippen LogP contribution in [0.2, 0.25) is 0 Å². The van der Waals surface area contributed by atoms with Gasteiger partial charge in [-0.3, -0.25) is 4.79 Å². The summed E-state index contributed by atoms with van der Waals surface area (Å²) in [7, 11) is 0. The van der Waals surface area contributed by atoms with E-state index >= 15 is 0 Å². The minimum Gasteiger partial charge on any atom is -0.457 e. The Balaban J connectivity index is 2.38. The molecule has 0 radical (unpaired) electrons. The lowest BCUT2D eigenvalue weighted by Crippen LogP contribution is -2.35. The molecule has 0 fully saturated rings. The van der Waals surface area contributed by atoms with Crippen LogP contribution in [0.15, 0.2) is 48.5 Å². The fourth-order valence-electron chi connectivity index (χ4n) is 2.84. The fraction of sp³-hybridized carbons (Fsp3) is 0.348. The second-order valence-corrected chi connectivity index (χ2v) is 7.55. The SMILES string of the molecule is CC(C)C[C@H](N)C(=O)c1c(OC(=O)[C@H](C)N)cccc1C(=O)OCc1ccccc1. The van der Waals surface area contributed by atoms with E-state index in [-0.39, 0.29) is 29.4 Å². The van der Waals surface area contributed by atoms with Gasteiger partial charge < -0.3 is 20.9 Å². The number of hydrogen-bond acceptors (Lipinski definition) is 7. The number of rotatable bonds is 9.